The Bertz CT molecular complexity index is 509. The first kappa shape index (κ1) is 17.2. The van der Waals surface area contributed by atoms with Crippen LogP contribution in [0.2, 0.25) is 0 Å². The number of nitrogens with zero attached hydrogens (tertiary/aromatic N) is 2. The first-order chi connectivity index (χ1) is 9.43. The molecule has 0 aromatic carbocycles. The lowest BCUT2D eigenvalue weighted by Gasteiger charge is -2.26. The molecule has 0 bridgehead atoms. The van der Waals surface area contributed by atoms with Crippen LogP contribution >= 0.6 is 0 Å². The van der Waals surface area contributed by atoms with E-state index < -0.39 is 30.5 Å². The van der Waals surface area contributed by atoms with E-state index in [1.165, 1.54) is 22.3 Å². The molecule has 0 saturated carbocycles. The summed E-state index contributed by atoms with van der Waals surface area (Å²) in [5.74, 6) is -15.1. The lowest BCUT2D eigenvalue weighted by Crippen LogP contribution is -2.59. The maximum Gasteiger partial charge on any atom is 0.460 e. The molecule has 0 aliphatic heterocycles. The van der Waals surface area contributed by atoms with Crippen LogP contribution in [0.15, 0.2) is 12.3 Å². The van der Waals surface area contributed by atoms with Crippen LogP contribution in [0.4, 0.5) is 30.7 Å². The van der Waals surface area contributed by atoms with Crippen molar-refractivity contribution < 1.29 is 35.5 Å². The summed E-state index contributed by atoms with van der Waals surface area (Å²) in [6.45, 7) is 1.43. The Morgan fingerprint density at radius 2 is 1.81 bits per heavy atom. The first-order valence-corrected chi connectivity index (χ1v) is 5.56. The molecule has 0 radical (unpaired) electrons. The van der Waals surface area contributed by atoms with E-state index in [1.807, 2.05) is 0 Å². The first-order valence-electron chi connectivity index (χ1n) is 5.56. The minimum Gasteiger partial charge on any atom is -0.345 e. The van der Waals surface area contributed by atoms with Crippen molar-refractivity contribution in [3.05, 3.63) is 18.0 Å². The van der Waals surface area contributed by atoms with Crippen molar-refractivity contribution >= 4 is 5.91 Å². The fraction of sp³-hybridized carbons (Fsp3) is 0.600. The minimum absolute atomic E-state index is 0.0383. The fourth-order valence-electron chi connectivity index (χ4n) is 1.28. The Kier molecular flexibility index (Phi) is 4.54. The third-order valence-electron chi connectivity index (χ3n) is 2.49. The van der Waals surface area contributed by atoms with Gasteiger partial charge in [0.1, 0.15) is 0 Å². The molecule has 1 N–H and O–H groups in total. The van der Waals surface area contributed by atoms with Crippen LogP contribution < -0.4 is 5.32 Å². The normalized spacial score (nSPS) is 13.3. The molecular weight excluding hydrogens is 311 g/mol. The van der Waals surface area contributed by atoms with E-state index in [1.54, 1.807) is 6.92 Å². The van der Waals surface area contributed by atoms with Gasteiger partial charge < -0.3 is 5.32 Å². The second-order valence-corrected chi connectivity index (χ2v) is 3.99. The van der Waals surface area contributed by atoms with Crippen LogP contribution in [-0.2, 0) is 17.9 Å². The Labute approximate surface area is 113 Å². The Hall–Kier alpha value is -1.81. The van der Waals surface area contributed by atoms with Gasteiger partial charge in [0, 0.05) is 12.7 Å². The van der Waals surface area contributed by atoms with E-state index in [0.29, 0.717) is 6.54 Å². The molecule has 1 amide bonds. The molecular formula is C10H10F7N3O. The van der Waals surface area contributed by atoms with Gasteiger partial charge in [-0.1, -0.05) is 0 Å². The van der Waals surface area contributed by atoms with Crippen LogP contribution in [0, 0.1) is 0 Å². The highest BCUT2D eigenvalue weighted by Crippen LogP contribution is 2.46. The van der Waals surface area contributed by atoms with Crippen LogP contribution in [-0.4, -0.2) is 33.7 Å². The standard InChI is InChI=1S/C10H10F7N3O/c1-2-20-4-3-6(19-20)5-18-7(21)8(11,12)9(13,14)10(15,16)17/h3-4H,2,5H2,1H3,(H,18,21). The minimum atomic E-state index is -6.54. The SMILES string of the molecule is CCn1ccc(CNC(=O)C(F)(F)C(F)(F)C(F)(F)F)n1. The maximum atomic E-state index is 13.0. The zero-order valence-corrected chi connectivity index (χ0v) is 10.5. The number of halogens is 7. The summed E-state index contributed by atoms with van der Waals surface area (Å²) in [5.41, 5.74) is 0.0383. The number of alkyl halides is 7. The van der Waals surface area contributed by atoms with Gasteiger partial charge in [-0.15, -0.1) is 0 Å². The second-order valence-electron chi connectivity index (χ2n) is 3.99. The van der Waals surface area contributed by atoms with Crippen molar-refractivity contribution in [1.29, 1.82) is 0 Å². The van der Waals surface area contributed by atoms with Crippen molar-refractivity contribution in [3.63, 3.8) is 0 Å². The van der Waals surface area contributed by atoms with E-state index >= 15 is 0 Å². The van der Waals surface area contributed by atoms with E-state index in [0.717, 1.165) is 0 Å². The quantitative estimate of drug-likeness (QED) is 0.846. The number of hydrogen-bond acceptors (Lipinski definition) is 2. The monoisotopic (exact) mass is 321 g/mol. The molecule has 1 rings (SSSR count). The summed E-state index contributed by atoms with van der Waals surface area (Å²) in [7, 11) is 0. The number of hydrogen-bond donors (Lipinski definition) is 1. The third kappa shape index (κ3) is 3.27. The molecule has 0 fully saturated rings. The largest absolute Gasteiger partial charge is 0.460 e. The molecule has 0 unspecified atom stereocenters. The lowest BCUT2D eigenvalue weighted by molar-refractivity contribution is -0.344. The topological polar surface area (TPSA) is 46.9 Å². The molecule has 1 aromatic rings. The summed E-state index contributed by atoms with van der Waals surface area (Å²) in [6.07, 6.45) is -5.12. The highest BCUT2D eigenvalue weighted by atomic mass is 19.4. The number of aryl methyl sites for hydroxylation is 1. The van der Waals surface area contributed by atoms with Gasteiger partial charge in [0.05, 0.1) is 12.2 Å². The smallest absolute Gasteiger partial charge is 0.345 e. The zero-order valence-electron chi connectivity index (χ0n) is 10.5. The molecule has 1 heterocycles. The Balaban J connectivity index is 2.78. The van der Waals surface area contributed by atoms with Gasteiger partial charge in [-0.25, -0.2) is 0 Å². The van der Waals surface area contributed by atoms with Crippen LogP contribution in [0.3, 0.4) is 0 Å². The summed E-state index contributed by atoms with van der Waals surface area (Å²) in [4.78, 5) is 10.9. The van der Waals surface area contributed by atoms with Gasteiger partial charge in [0.2, 0.25) is 0 Å². The highest BCUT2D eigenvalue weighted by Gasteiger charge is 2.76. The van der Waals surface area contributed by atoms with Gasteiger partial charge in [-0.3, -0.25) is 9.48 Å². The maximum absolute atomic E-state index is 13.0. The number of amides is 1. The van der Waals surface area contributed by atoms with Crippen molar-refractivity contribution in [2.24, 2.45) is 0 Å². The van der Waals surface area contributed by atoms with Crippen molar-refractivity contribution in [1.82, 2.24) is 15.1 Å². The molecule has 1 aromatic heterocycles. The van der Waals surface area contributed by atoms with E-state index in [-0.39, 0.29) is 5.69 Å². The predicted molar refractivity (Wildman–Crippen MR) is 55.7 cm³/mol. The molecule has 0 atom stereocenters. The van der Waals surface area contributed by atoms with Gasteiger partial charge in [0.25, 0.3) is 5.91 Å². The number of carbonyl (C=O) groups is 1. The van der Waals surface area contributed by atoms with Crippen molar-refractivity contribution in [2.45, 2.75) is 38.0 Å². The highest BCUT2D eigenvalue weighted by molar-refractivity contribution is 5.84. The number of aromatic nitrogens is 2. The average Bonchev–Trinajstić information content (AvgIpc) is 2.82. The van der Waals surface area contributed by atoms with Crippen LogP contribution in [0.5, 0.6) is 0 Å². The summed E-state index contributed by atoms with van der Waals surface area (Å²) >= 11 is 0. The third-order valence-corrected chi connectivity index (χ3v) is 2.49. The Morgan fingerprint density at radius 1 is 1.24 bits per heavy atom. The molecule has 21 heavy (non-hydrogen) atoms. The molecule has 0 saturated heterocycles. The number of rotatable bonds is 5. The zero-order chi connectivity index (χ0) is 16.5. The van der Waals surface area contributed by atoms with E-state index in [4.69, 9.17) is 0 Å². The molecule has 4 nitrogen and oxygen atoms in total. The summed E-state index contributed by atoms with van der Waals surface area (Å²) < 4.78 is 88.1. The molecule has 0 spiro atoms. The van der Waals surface area contributed by atoms with Crippen molar-refractivity contribution in [3.8, 4) is 0 Å². The van der Waals surface area contributed by atoms with Gasteiger partial charge in [0.15, 0.2) is 0 Å². The van der Waals surface area contributed by atoms with Gasteiger partial charge in [-0.2, -0.15) is 35.8 Å². The predicted octanol–water partition coefficient (Wildman–Crippen LogP) is 2.35. The molecule has 120 valence electrons. The number of nitrogens with one attached hydrogen (secondary N) is 1. The van der Waals surface area contributed by atoms with E-state index in [2.05, 4.69) is 5.10 Å². The molecule has 0 aliphatic rings. The van der Waals surface area contributed by atoms with Gasteiger partial charge >= 0.3 is 18.0 Å². The van der Waals surface area contributed by atoms with Crippen molar-refractivity contribution in [2.75, 3.05) is 0 Å². The second kappa shape index (κ2) is 5.53. The molecule has 11 heteroatoms. The fourth-order valence-corrected chi connectivity index (χ4v) is 1.28. The van der Waals surface area contributed by atoms with Crippen LogP contribution in [0.1, 0.15) is 12.6 Å². The molecule has 0 aliphatic carbocycles. The van der Waals surface area contributed by atoms with Crippen LogP contribution in [0.25, 0.3) is 0 Å². The lowest BCUT2D eigenvalue weighted by atomic mass is 10.1. The van der Waals surface area contributed by atoms with Gasteiger partial charge in [-0.05, 0) is 13.0 Å². The number of carbonyl (C=O) groups excluding carboxylic acids is 1. The van der Waals surface area contributed by atoms with E-state index in [9.17, 15) is 35.5 Å². The summed E-state index contributed by atoms with van der Waals surface area (Å²) in [6, 6.07) is 1.30. The average molecular weight is 321 g/mol. The Morgan fingerprint density at radius 3 is 2.24 bits per heavy atom. The summed E-state index contributed by atoms with van der Waals surface area (Å²) in [5, 5.41) is 5.05.